The largest absolute Gasteiger partial charge is 0.497 e. The van der Waals surface area contributed by atoms with E-state index in [4.69, 9.17) is 14.5 Å². The maximum atomic E-state index is 14.0. The van der Waals surface area contributed by atoms with Crippen molar-refractivity contribution >= 4 is 23.4 Å². The first-order valence-electron chi connectivity index (χ1n) is 12.8. The third kappa shape index (κ3) is 4.88. The fraction of sp³-hybridized carbons (Fsp3) is 0.258. The highest BCUT2D eigenvalue weighted by atomic mass is 32.1. The van der Waals surface area contributed by atoms with Gasteiger partial charge in [0.05, 0.1) is 35.1 Å². The first kappa shape index (κ1) is 26.4. The fourth-order valence-electron chi connectivity index (χ4n) is 5.01. The summed E-state index contributed by atoms with van der Waals surface area (Å²) in [5.74, 6) is 0.208. The van der Waals surface area contributed by atoms with Gasteiger partial charge >= 0.3 is 5.97 Å². The molecule has 2 aromatic carbocycles. The highest BCUT2D eigenvalue weighted by Crippen LogP contribution is 2.32. The molecular weight excluding hydrogens is 510 g/mol. The summed E-state index contributed by atoms with van der Waals surface area (Å²) in [5, 5.41) is 0. The van der Waals surface area contributed by atoms with Gasteiger partial charge in [0.25, 0.3) is 5.56 Å². The second kappa shape index (κ2) is 10.5. The van der Waals surface area contributed by atoms with Gasteiger partial charge in [-0.15, -0.1) is 0 Å². The standard InChI is InChI=1S/C31H31N3O4S/c1-18(2)38-30(36)27-20(4)32-31-34(28(27)22-12-14-25(37-6)15-13-22)29(35)26(39-31)17-23-16-19(3)33(21(23)5)24-10-8-7-9-11-24/h7-18,28H,1-6H3/b26-17-. The van der Waals surface area contributed by atoms with Gasteiger partial charge in [0.2, 0.25) is 0 Å². The minimum atomic E-state index is -0.669. The first-order chi connectivity index (χ1) is 18.7. The Bertz CT molecular complexity index is 1760. The number of carbonyl (C=O) groups is 1. The molecule has 0 radical (unpaired) electrons. The number of rotatable bonds is 6. The van der Waals surface area contributed by atoms with Crippen molar-refractivity contribution in [2.75, 3.05) is 7.11 Å². The van der Waals surface area contributed by atoms with Crippen molar-refractivity contribution in [3.63, 3.8) is 0 Å². The number of aryl methyl sites for hydroxylation is 1. The minimum absolute atomic E-state index is 0.202. The second-order valence-corrected chi connectivity index (χ2v) is 10.8. The van der Waals surface area contributed by atoms with Gasteiger partial charge in [-0.3, -0.25) is 9.36 Å². The molecule has 0 N–H and O–H groups in total. The molecule has 0 bridgehead atoms. The van der Waals surface area contributed by atoms with E-state index in [9.17, 15) is 9.59 Å². The van der Waals surface area contributed by atoms with Crippen LogP contribution in [0.5, 0.6) is 5.75 Å². The van der Waals surface area contributed by atoms with Gasteiger partial charge in [-0.1, -0.05) is 41.7 Å². The number of methoxy groups -OCH3 is 1. The molecule has 0 amide bonds. The number of carbonyl (C=O) groups excluding carboxylic acids is 1. The number of nitrogens with zero attached hydrogens (tertiary/aromatic N) is 3. The van der Waals surface area contributed by atoms with Crippen molar-refractivity contribution in [3.8, 4) is 11.4 Å². The predicted molar refractivity (Wildman–Crippen MR) is 153 cm³/mol. The Kier molecular flexibility index (Phi) is 7.14. The van der Waals surface area contributed by atoms with Crippen LogP contribution in [0.25, 0.3) is 11.8 Å². The number of ether oxygens (including phenoxy) is 2. The normalized spacial score (nSPS) is 15.4. The Labute approximate surface area is 231 Å². The number of allylic oxidation sites excluding steroid dienone is 1. The van der Waals surface area contributed by atoms with Gasteiger partial charge in [-0.05, 0) is 82.2 Å². The molecule has 0 saturated heterocycles. The van der Waals surface area contributed by atoms with E-state index >= 15 is 0 Å². The van der Waals surface area contributed by atoms with Crippen LogP contribution in [0.3, 0.4) is 0 Å². The maximum absolute atomic E-state index is 14.0. The summed E-state index contributed by atoms with van der Waals surface area (Å²) in [6.45, 7) is 9.50. The number of fused-ring (bicyclic) bond motifs is 1. The lowest BCUT2D eigenvalue weighted by Crippen LogP contribution is -2.40. The van der Waals surface area contributed by atoms with Crippen molar-refractivity contribution < 1.29 is 14.3 Å². The van der Waals surface area contributed by atoms with Crippen LogP contribution in [0.15, 0.2) is 81.7 Å². The molecule has 0 saturated carbocycles. The lowest BCUT2D eigenvalue weighted by Gasteiger charge is -2.25. The quantitative estimate of drug-likeness (QED) is 0.335. The number of benzene rings is 2. The molecule has 1 aliphatic heterocycles. The van der Waals surface area contributed by atoms with E-state index in [0.717, 1.165) is 28.2 Å². The SMILES string of the molecule is COc1ccc(C2C(C(=O)OC(C)C)=C(C)N=c3s/c(=C\c4cc(C)n(-c5ccccc5)c4C)c(=O)n32)cc1. The van der Waals surface area contributed by atoms with Crippen LogP contribution < -0.4 is 19.6 Å². The minimum Gasteiger partial charge on any atom is -0.497 e. The van der Waals surface area contributed by atoms with Gasteiger partial charge in [-0.2, -0.15) is 0 Å². The van der Waals surface area contributed by atoms with E-state index in [1.807, 2.05) is 55.5 Å². The Morgan fingerprint density at radius 2 is 1.74 bits per heavy atom. The van der Waals surface area contributed by atoms with Crippen LogP contribution >= 0.6 is 11.3 Å². The fourth-order valence-corrected chi connectivity index (χ4v) is 6.05. The molecule has 5 rings (SSSR count). The Morgan fingerprint density at radius 1 is 1.05 bits per heavy atom. The monoisotopic (exact) mass is 541 g/mol. The summed E-state index contributed by atoms with van der Waals surface area (Å²) in [7, 11) is 1.60. The second-order valence-electron chi connectivity index (χ2n) is 9.81. The molecule has 2 aromatic heterocycles. The van der Waals surface area contributed by atoms with Crippen LogP contribution in [-0.2, 0) is 9.53 Å². The van der Waals surface area contributed by atoms with E-state index in [2.05, 4.69) is 29.7 Å². The molecule has 1 atom stereocenters. The summed E-state index contributed by atoms with van der Waals surface area (Å²) in [5.41, 5.74) is 5.60. The molecule has 200 valence electrons. The van der Waals surface area contributed by atoms with Crippen molar-refractivity contribution in [3.05, 3.63) is 114 Å². The molecule has 3 heterocycles. The molecule has 4 aromatic rings. The maximum Gasteiger partial charge on any atom is 0.338 e. The Hall–Kier alpha value is -4.17. The Morgan fingerprint density at radius 3 is 2.38 bits per heavy atom. The molecule has 0 aliphatic carbocycles. The predicted octanol–water partition coefficient (Wildman–Crippen LogP) is 4.60. The van der Waals surface area contributed by atoms with E-state index in [-0.39, 0.29) is 11.7 Å². The smallest absolute Gasteiger partial charge is 0.338 e. The molecule has 8 heteroatoms. The first-order valence-corrected chi connectivity index (χ1v) is 13.6. The van der Waals surface area contributed by atoms with Gasteiger partial charge in [0.15, 0.2) is 4.80 Å². The van der Waals surface area contributed by atoms with Crippen LogP contribution in [0, 0.1) is 13.8 Å². The number of hydrogen-bond donors (Lipinski definition) is 0. The van der Waals surface area contributed by atoms with Crippen LogP contribution in [0.1, 0.15) is 49.3 Å². The third-order valence-corrected chi connectivity index (χ3v) is 7.77. The number of aromatic nitrogens is 2. The summed E-state index contributed by atoms with van der Waals surface area (Å²) in [4.78, 5) is 32.5. The number of thiazole rings is 1. The zero-order chi connectivity index (χ0) is 27.8. The average Bonchev–Trinajstić information content (AvgIpc) is 3.37. The lowest BCUT2D eigenvalue weighted by atomic mass is 9.96. The molecule has 0 spiro atoms. The van der Waals surface area contributed by atoms with Crippen molar-refractivity contribution in [1.29, 1.82) is 0 Å². The highest BCUT2D eigenvalue weighted by molar-refractivity contribution is 7.07. The van der Waals surface area contributed by atoms with Crippen molar-refractivity contribution in [2.24, 2.45) is 4.99 Å². The number of hydrogen-bond acceptors (Lipinski definition) is 6. The molecule has 7 nitrogen and oxygen atoms in total. The zero-order valence-electron chi connectivity index (χ0n) is 22.9. The molecule has 1 unspecified atom stereocenters. The zero-order valence-corrected chi connectivity index (χ0v) is 23.7. The van der Waals surface area contributed by atoms with Crippen molar-refractivity contribution in [1.82, 2.24) is 9.13 Å². The highest BCUT2D eigenvalue weighted by Gasteiger charge is 2.33. The lowest BCUT2D eigenvalue weighted by molar-refractivity contribution is -0.143. The summed E-state index contributed by atoms with van der Waals surface area (Å²) in [6, 6.07) is 18.9. The number of para-hydroxylation sites is 1. The third-order valence-electron chi connectivity index (χ3n) is 6.79. The molecule has 1 aliphatic rings. The molecule has 39 heavy (non-hydrogen) atoms. The molecule has 0 fully saturated rings. The van der Waals surface area contributed by atoms with Crippen molar-refractivity contribution in [2.45, 2.75) is 46.8 Å². The summed E-state index contributed by atoms with van der Waals surface area (Å²) < 4.78 is 15.2. The van der Waals surface area contributed by atoms with E-state index in [1.165, 1.54) is 11.3 Å². The summed E-state index contributed by atoms with van der Waals surface area (Å²) >= 11 is 1.32. The average molecular weight is 542 g/mol. The Balaban J connectivity index is 1.69. The summed E-state index contributed by atoms with van der Waals surface area (Å²) in [6.07, 6.45) is 1.61. The van der Waals surface area contributed by atoms with Gasteiger partial charge in [-0.25, -0.2) is 9.79 Å². The van der Waals surface area contributed by atoms with E-state index < -0.39 is 12.0 Å². The van der Waals surface area contributed by atoms with Crippen LogP contribution in [0.2, 0.25) is 0 Å². The van der Waals surface area contributed by atoms with Crippen LogP contribution in [-0.4, -0.2) is 28.3 Å². The van der Waals surface area contributed by atoms with Crippen LogP contribution in [0.4, 0.5) is 0 Å². The molecular formula is C31H31N3O4S. The van der Waals surface area contributed by atoms with Gasteiger partial charge in [0.1, 0.15) is 5.75 Å². The van der Waals surface area contributed by atoms with Gasteiger partial charge in [0, 0.05) is 17.1 Å². The number of esters is 1. The van der Waals surface area contributed by atoms with E-state index in [1.54, 1.807) is 32.4 Å². The topological polar surface area (TPSA) is 74.8 Å². The van der Waals surface area contributed by atoms with E-state index in [0.29, 0.717) is 26.4 Å². The van der Waals surface area contributed by atoms with Gasteiger partial charge < -0.3 is 14.0 Å².